The number of carbonyl (C=O) groups is 1. The highest BCUT2D eigenvalue weighted by atomic mass is 16.5. The molecule has 0 aromatic carbocycles. The number of fused-ring (bicyclic) bond motifs is 1. The molecule has 1 heterocycles. The van der Waals surface area contributed by atoms with E-state index in [1.807, 2.05) is 0 Å². The molecule has 2 aliphatic rings. The molecule has 0 spiro atoms. The van der Waals surface area contributed by atoms with Gasteiger partial charge < -0.3 is 10.1 Å². The summed E-state index contributed by atoms with van der Waals surface area (Å²) in [6.07, 6.45) is 3.92. The first-order valence-corrected chi connectivity index (χ1v) is 7.31. The molecule has 1 saturated carbocycles. The Bertz CT molecular complexity index is 549. The number of hydrogen-bond acceptors (Lipinski definition) is 3. The van der Waals surface area contributed by atoms with Crippen LogP contribution in [0.25, 0.3) is 0 Å². The molecule has 0 unspecified atom stereocenters. The van der Waals surface area contributed by atoms with Crippen LogP contribution in [-0.2, 0) is 17.6 Å². The van der Waals surface area contributed by atoms with E-state index in [-0.39, 0.29) is 23.0 Å². The fourth-order valence-electron chi connectivity index (χ4n) is 3.46. The Morgan fingerprint density at radius 1 is 1.40 bits per heavy atom. The maximum Gasteiger partial charge on any atom is 0.272 e. The van der Waals surface area contributed by atoms with Gasteiger partial charge in [-0.1, -0.05) is 13.8 Å². The fraction of sp³-hybridized carbons (Fsp3) is 0.733. The number of nitrogens with one attached hydrogen (secondary N) is 2. The highest BCUT2D eigenvalue weighted by Crippen LogP contribution is 2.51. The molecule has 0 bridgehead atoms. The predicted octanol–water partition coefficient (Wildman–Crippen LogP) is 1.83. The number of hydrogen-bond donors (Lipinski definition) is 2. The Morgan fingerprint density at radius 2 is 2.15 bits per heavy atom. The second kappa shape index (κ2) is 4.32. The molecule has 1 aromatic rings. The molecule has 1 fully saturated rings. The van der Waals surface area contributed by atoms with Crippen molar-refractivity contribution in [2.45, 2.75) is 58.1 Å². The molecule has 2 N–H and O–H groups in total. The summed E-state index contributed by atoms with van der Waals surface area (Å²) in [5.41, 5.74) is 2.58. The van der Waals surface area contributed by atoms with Crippen LogP contribution >= 0.6 is 0 Å². The van der Waals surface area contributed by atoms with Crippen molar-refractivity contribution in [3.05, 3.63) is 17.0 Å². The van der Waals surface area contributed by atoms with Gasteiger partial charge in [-0.3, -0.25) is 9.89 Å². The fourth-order valence-corrected chi connectivity index (χ4v) is 3.46. The summed E-state index contributed by atoms with van der Waals surface area (Å²) >= 11 is 0. The van der Waals surface area contributed by atoms with Gasteiger partial charge in [0.05, 0.1) is 5.60 Å². The first-order valence-electron chi connectivity index (χ1n) is 7.31. The van der Waals surface area contributed by atoms with Gasteiger partial charge >= 0.3 is 0 Å². The molecule has 2 atom stereocenters. The Labute approximate surface area is 119 Å². The molecule has 1 amide bonds. The standard InChI is InChI=1S/C15H23N3O2/c1-14(2)11(8-15(14,3)20-4)16-13(19)12-9-6-5-7-10(9)17-18-12/h11H,5-8H2,1-4H3,(H,16,19)(H,17,18)/t11-,15+/m0/s1. The van der Waals surface area contributed by atoms with Gasteiger partial charge in [-0.05, 0) is 32.6 Å². The summed E-state index contributed by atoms with van der Waals surface area (Å²) in [5.74, 6) is -0.0550. The highest BCUT2D eigenvalue weighted by Gasteiger charge is 2.58. The zero-order valence-electron chi connectivity index (χ0n) is 12.7. The third-order valence-electron chi connectivity index (χ3n) is 5.61. The molecular weight excluding hydrogens is 254 g/mol. The number of methoxy groups -OCH3 is 1. The summed E-state index contributed by atoms with van der Waals surface area (Å²) in [6.45, 7) is 6.38. The maximum absolute atomic E-state index is 12.4. The molecular formula is C15H23N3O2. The summed E-state index contributed by atoms with van der Waals surface area (Å²) in [6, 6.07) is 0.133. The van der Waals surface area contributed by atoms with E-state index >= 15 is 0 Å². The second-order valence-corrected chi connectivity index (χ2v) is 6.77. The SMILES string of the molecule is CO[C@]1(C)C[C@H](NC(=O)c2n[nH]c3c2CCC3)C1(C)C. The van der Waals surface area contributed by atoms with E-state index in [0.29, 0.717) is 5.69 Å². The average Bonchev–Trinajstić information content (AvgIpc) is 2.99. The number of aromatic nitrogens is 2. The number of carbonyl (C=O) groups excluding carboxylic acids is 1. The van der Waals surface area contributed by atoms with Gasteiger partial charge in [0, 0.05) is 29.8 Å². The topological polar surface area (TPSA) is 67.0 Å². The van der Waals surface area contributed by atoms with E-state index in [2.05, 4.69) is 36.3 Å². The van der Waals surface area contributed by atoms with E-state index in [9.17, 15) is 4.79 Å². The van der Waals surface area contributed by atoms with Crippen molar-refractivity contribution >= 4 is 5.91 Å². The van der Waals surface area contributed by atoms with Crippen LogP contribution in [0.5, 0.6) is 0 Å². The summed E-state index contributed by atoms with van der Waals surface area (Å²) in [7, 11) is 1.74. The van der Waals surface area contributed by atoms with Crippen molar-refractivity contribution in [2.24, 2.45) is 5.41 Å². The van der Waals surface area contributed by atoms with Gasteiger partial charge in [-0.15, -0.1) is 0 Å². The first-order chi connectivity index (χ1) is 9.39. The zero-order chi connectivity index (χ0) is 14.5. The largest absolute Gasteiger partial charge is 0.378 e. The number of aromatic amines is 1. The summed E-state index contributed by atoms with van der Waals surface area (Å²) in [5, 5.41) is 10.3. The summed E-state index contributed by atoms with van der Waals surface area (Å²) in [4.78, 5) is 12.4. The van der Waals surface area contributed by atoms with Crippen molar-refractivity contribution in [1.29, 1.82) is 0 Å². The lowest BCUT2D eigenvalue weighted by Gasteiger charge is -2.59. The van der Waals surface area contributed by atoms with E-state index in [0.717, 1.165) is 36.9 Å². The van der Waals surface area contributed by atoms with E-state index in [1.54, 1.807) is 7.11 Å². The molecule has 110 valence electrons. The van der Waals surface area contributed by atoms with Crippen LogP contribution in [0.1, 0.15) is 55.4 Å². The lowest BCUT2D eigenvalue weighted by Crippen LogP contribution is -2.68. The molecule has 20 heavy (non-hydrogen) atoms. The molecule has 0 aliphatic heterocycles. The number of H-pyrrole nitrogens is 1. The molecule has 0 radical (unpaired) electrons. The second-order valence-electron chi connectivity index (χ2n) is 6.77. The van der Waals surface area contributed by atoms with Gasteiger partial charge in [0.1, 0.15) is 0 Å². The van der Waals surface area contributed by atoms with Crippen molar-refractivity contribution in [3.8, 4) is 0 Å². The Balaban J connectivity index is 1.72. The normalized spacial score (nSPS) is 30.7. The average molecular weight is 277 g/mol. The molecule has 1 aromatic heterocycles. The molecule has 3 rings (SSSR count). The van der Waals surface area contributed by atoms with Crippen LogP contribution in [0, 0.1) is 5.41 Å². The van der Waals surface area contributed by atoms with Crippen LogP contribution in [0.15, 0.2) is 0 Å². The Morgan fingerprint density at radius 3 is 2.80 bits per heavy atom. The van der Waals surface area contributed by atoms with Crippen LogP contribution in [0.3, 0.4) is 0 Å². The van der Waals surface area contributed by atoms with Crippen LogP contribution in [0.4, 0.5) is 0 Å². The third kappa shape index (κ3) is 1.72. The molecule has 0 saturated heterocycles. The van der Waals surface area contributed by atoms with E-state index in [4.69, 9.17) is 4.74 Å². The van der Waals surface area contributed by atoms with Gasteiger partial charge in [0.25, 0.3) is 5.91 Å². The number of nitrogens with zero attached hydrogens (tertiary/aromatic N) is 1. The smallest absolute Gasteiger partial charge is 0.272 e. The van der Waals surface area contributed by atoms with E-state index < -0.39 is 0 Å². The minimum Gasteiger partial charge on any atom is -0.378 e. The zero-order valence-corrected chi connectivity index (χ0v) is 12.7. The quantitative estimate of drug-likeness (QED) is 0.885. The minimum absolute atomic E-state index is 0.0550. The molecule has 5 heteroatoms. The number of rotatable bonds is 3. The first kappa shape index (κ1) is 13.6. The number of ether oxygens (including phenoxy) is 1. The van der Waals surface area contributed by atoms with Crippen LogP contribution < -0.4 is 5.32 Å². The molecule has 2 aliphatic carbocycles. The monoisotopic (exact) mass is 277 g/mol. The molecule has 5 nitrogen and oxygen atoms in total. The number of amides is 1. The van der Waals surface area contributed by atoms with Crippen LogP contribution in [-0.4, -0.2) is 34.9 Å². The van der Waals surface area contributed by atoms with Gasteiger partial charge in [0.2, 0.25) is 0 Å². The van der Waals surface area contributed by atoms with E-state index in [1.165, 1.54) is 0 Å². The van der Waals surface area contributed by atoms with Gasteiger partial charge in [-0.25, -0.2) is 0 Å². The van der Waals surface area contributed by atoms with Crippen molar-refractivity contribution in [1.82, 2.24) is 15.5 Å². The lowest BCUT2D eigenvalue weighted by atomic mass is 9.56. The van der Waals surface area contributed by atoms with Crippen molar-refractivity contribution < 1.29 is 9.53 Å². The lowest BCUT2D eigenvalue weighted by molar-refractivity contribution is -0.177. The highest BCUT2D eigenvalue weighted by molar-refractivity contribution is 5.94. The van der Waals surface area contributed by atoms with Crippen molar-refractivity contribution in [3.63, 3.8) is 0 Å². The summed E-state index contributed by atoms with van der Waals surface area (Å²) < 4.78 is 5.59. The third-order valence-corrected chi connectivity index (χ3v) is 5.61. The predicted molar refractivity (Wildman–Crippen MR) is 75.7 cm³/mol. The Hall–Kier alpha value is -1.36. The number of aryl methyl sites for hydroxylation is 1. The van der Waals surface area contributed by atoms with Gasteiger partial charge in [-0.2, -0.15) is 5.10 Å². The van der Waals surface area contributed by atoms with Gasteiger partial charge in [0.15, 0.2) is 5.69 Å². The van der Waals surface area contributed by atoms with Crippen molar-refractivity contribution in [2.75, 3.05) is 7.11 Å². The van der Waals surface area contributed by atoms with Crippen LogP contribution in [0.2, 0.25) is 0 Å². The maximum atomic E-state index is 12.4. The Kier molecular flexibility index (Phi) is 2.94. The minimum atomic E-state index is -0.168.